The molecule has 1 aromatic carbocycles. The van der Waals surface area contributed by atoms with E-state index in [0.717, 1.165) is 0 Å². The van der Waals surface area contributed by atoms with Crippen LogP contribution in [0, 0.1) is 0 Å². The van der Waals surface area contributed by atoms with Crippen LogP contribution >= 0.6 is 0 Å². The summed E-state index contributed by atoms with van der Waals surface area (Å²) in [5, 5.41) is 20.9. The van der Waals surface area contributed by atoms with E-state index in [-0.39, 0.29) is 24.1 Å². The number of hydrogen-bond acceptors (Lipinski definition) is 4. The Balaban J connectivity index is 2.24. The van der Waals surface area contributed by atoms with Crippen molar-refractivity contribution in [1.82, 2.24) is 5.32 Å². The summed E-state index contributed by atoms with van der Waals surface area (Å²) in [6.45, 7) is 0.239. The van der Waals surface area contributed by atoms with Gasteiger partial charge in [-0.3, -0.25) is 0 Å². The molecule has 1 amide bonds. The molecule has 74 valence electrons. The highest BCUT2D eigenvalue weighted by atomic mass is 16.6. The lowest BCUT2D eigenvalue weighted by Crippen LogP contribution is -2.18. The van der Waals surface area contributed by atoms with Crippen LogP contribution in [0.25, 0.3) is 0 Å². The minimum Gasteiger partial charge on any atom is -0.504 e. The van der Waals surface area contributed by atoms with E-state index < -0.39 is 6.09 Å². The standard InChI is InChI=1S/C9H9NO4/c11-7-2-1-5(3-8(7)12)6-4-14-9(13)10-6/h1-3,6,11-12H,4H2,(H,10,13)/t6-/m0/s1. The van der Waals surface area contributed by atoms with Crippen molar-refractivity contribution in [3.05, 3.63) is 23.8 Å². The Morgan fingerprint density at radius 2 is 2.14 bits per heavy atom. The zero-order valence-corrected chi connectivity index (χ0v) is 7.23. The molecule has 1 saturated heterocycles. The van der Waals surface area contributed by atoms with Crippen LogP contribution in [0.15, 0.2) is 18.2 Å². The van der Waals surface area contributed by atoms with Crippen molar-refractivity contribution in [2.24, 2.45) is 0 Å². The highest BCUT2D eigenvalue weighted by Gasteiger charge is 2.24. The van der Waals surface area contributed by atoms with E-state index in [4.69, 9.17) is 9.84 Å². The zero-order chi connectivity index (χ0) is 10.1. The van der Waals surface area contributed by atoms with Crippen molar-refractivity contribution >= 4 is 6.09 Å². The van der Waals surface area contributed by atoms with Crippen molar-refractivity contribution in [1.29, 1.82) is 0 Å². The molecule has 0 radical (unpaired) electrons. The SMILES string of the molecule is O=C1N[C@H](c2ccc(O)c(O)c2)CO1. The summed E-state index contributed by atoms with van der Waals surface area (Å²) in [5.74, 6) is -0.386. The van der Waals surface area contributed by atoms with Gasteiger partial charge in [-0.25, -0.2) is 4.79 Å². The first-order valence-electron chi connectivity index (χ1n) is 4.12. The summed E-state index contributed by atoms with van der Waals surface area (Å²) >= 11 is 0. The van der Waals surface area contributed by atoms with Gasteiger partial charge in [-0.05, 0) is 17.7 Å². The normalized spacial score (nSPS) is 20.3. The van der Waals surface area contributed by atoms with E-state index in [0.29, 0.717) is 5.56 Å². The van der Waals surface area contributed by atoms with Crippen LogP contribution in [0.3, 0.4) is 0 Å². The van der Waals surface area contributed by atoms with E-state index in [9.17, 15) is 9.90 Å². The van der Waals surface area contributed by atoms with E-state index >= 15 is 0 Å². The first-order valence-corrected chi connectivity index (χ1v) is 4.12. The lowest BCUT2D eigenvalue weighted by molar-refractivity contribution is 0.177. The number of amides is 1. The summed E-state index contributed by atoms with van der Waals surface area (Å²) in [6, 6.07) is 4.13. The van der Waals surface area contributed by atoms with Crippen LogP contribution in [0.4, 0.5) is 4.79 Å². The monoisotopic (exact) mass is 195 g/mol. The van der Waals surface area contributed by atoms with Crippen LogP contribution in [0.2, 0.25) is 0 Å². The van der Waals surface area contributed by atoms with Gasteiger partial charge in [-0.1, -0.05) is 6.07 Å². The molecule has 0 bridgehead atoms. The summed E-state index contributed by atoms with van der Waals surface area (Å²) in [7, 11) is 0. The maximum absolute atomic E-state index is 10.7. The highest BCUT2D eigenvalue weighted by molar-refractivity contribution is 5.70. The molecule has 1 heterocycles. The number of carbonyl (C=O) groups is 1. The third-order valence-corrected chi connectivity index (χ3v) is 2.08. The zero-order valence-electron chi connectivity index (χ0n) is 7.23. The Morgan fingerprint density at radius 3 is 2.71 bits per heavy atom. The molecule has 2 rings (SSSR count). The van der Waals surface area contributed by atoms with Crippen LogP contribution < -0.4 is 5.32 Å². The predicted molar refractivity (Wildman–Crippen MR) is 47.0 cm³/mol. The van der Waals surface area contributed by atoms with Gasteiger partial charge in [0.05, 0.1) is 6.04 Å². The van der Waals surface area contributed by atoms with E-state index in [1.165, 1.54) is 12.1 Å². The van der Waals surface area contributed by atoms with Gasteiger partial charge in [0.15, 0.2) is 11.5 Å². The number of benzene rings is 1. The minimum atomic E-state index is -0.470. The molecule has 1 aliphatic rings. The lowest BCUT2D eigenvalue weighted by Gasteiger charge is -2.08. The second-order valence-corrected chi connectivity index (χ2v) is 3.04. The minimum absolute atomic E-state index is 0.181. The molecular formula is C9H9NO4. The number of rotatable bonds is 1. The molecule has 0 saturated carbocycles. The fraction of sp³-hybridized carbons (Fsp3) is 0.222. The number of carbonyl (C=O) groups excluding carboxylic acids is 1. The molecule has 5 heteroatoms. The molecular weight excluding hydrogens is 186 g/mol. The molecule has 1 aliphatic heterocycles. The number of ether oxygens (including phenoxy) is 1. The van der Waals surface area contributed by atoms with Crippen molar-refractivity contribution in [2.75, 3.05) is 6.61 Å². The van der Waals surface area contributed by atoms with E-state index in [1.54, 1.807) is 6.07 Å². The molecule has 14 heavy (non-hydrogen) atoms. The number of alkyl carbamates (subject to hydrolysis) is 1. The van der Waals surface area contributed by atoms with Crippen LogP contribution in [0.5, 0.6) is 11.5 Å². The smallest absolute Gasteiger partial charge is 0.407 e. The van der Waals surface area contributed by atoms with E-state index in [1.807, 2.05) is 0 Å². The average molecular weight is 195 g/mol. The van der Waals surface area contributed by atoms with Gasteiger partial charge in [-0.15, -0.1) is 0 Å². The van der Waals surface area contributed by atoms with Gasteiger partial charge in [0.1, 0.15) is 6.61 Å². The van der Waals surface area contributed by atoms with Crippen LogP contribution in [0.1, 0.15) is 11.6 Å². The number of hydrogen-bond donors (Lipinski definition) is 3. The van der Waals surface area contributed by atoms with Gasteiger partial charge >= 0.3 is 6.09 Å². The van der Waals surface area contributed by atoms with Gasteiger partial charge in [0, 0.05) is 0 Å². The Morgan fingerprint density at radius 1 is 1.36 bits per heavy atom. The second kappa shape index (κ2) is 3.10. The molecule has 3 N–H and O–H groups in total. The van der Waals surface area contributed by atoms with Gasteiger partial charge in [0.25, 0.3) is 0 Å². The van der Waals surface area contributed by atoms with Crippen molar-refractivity contribution in [3.8, 4) is 11.5 Å². The molecule has 1 fully saturated rings. The second-order valence-electron chi connectivity index (χ2n) is 3.04. The largest absolute Gasteiger partial charge is 0.504 e. The maximum Gasteiger partial charge on any atom is 0.407 e. The fourth-order valence-corrected chi connectivity index (χ4v) is 1.32. The number of phenolic OH excluding ortho intramolecular Hbond substituents is 2. The van der Waals surface area contributed by atoms with E-state index in [2.05, 4.69) is 5.32 Å². The van der Waals surface area contributed by atoms with Gasteiger partial charge < -0.3 is 20.3 Å². The lowest BCUT2D eigenvalue weighted by atomic mass is 10.1. The molecule has 0 aromatic heterocycles. The molecule has 0 aliphatic carbocycles. The number of cyclic esters (lactones) is 1. The fourth-order valence-electron chi connectivity index (χ4n) is 1.32. The summed E-state index contributed by atoms with van der Waals surface area (Å²) < 4.78 is 4.70. The average Bonchev–Trinajstić information content (AvgIpc) is 2.57. The van der Waals surface area contributed by atoms with Crippen molar-refractivity contribution in [3.63, 3.8) is 0 Å². The Bertz CT molecular complexity index is 377. The summed E-state index contributed by atoms with van der Waals surface area (Å²) in [4.78, 5) is 10.7. The quantitative estimate of drug-likeness (QED) is 0.581. The molecule has 1 atom stereocenters. The molecule has 1 aromatic rings. The Labute approximate surface area is 79.9 Å². The third kappa shape index (κ3) is 1.44. The summed E-state index contributed by atoms with van der Waals surface area (Å²) in [6.07, 6.45) is -0.470. The third-order valence-electron chi connectivity index (χ3n) is 2.08. The number of phenols is 2. The first-order chi connectivity index (χ1) is 6.66. The Kier molecular flexibility index (Phi) is 1.92. The summed E-state index contributed by atoms with van der Waals surface area (Å²) in [5.41, 5.74) is 0.700. The van der Waals surface area contributed by atoms with Gasteiger partial charge in [0.2, 0.25) is 0 Å². The number of nitrogens with one attached hydrogen (secondary N) is 1. The molecule has 5 nitrogen and oxygen atoms in total. The Hall–Kier alpha value is -1.91. The van der Waals surface area contributed by atoms with Crippen molar-refractivity contribution < 1.29 is 19.7 Å². The van der Waals surface area contributed by atoms with Crippen molar-refractivity contribution in [2.45, 2.75) is 6.04 Å². The van der Waals surface area contributed by atoms with Gasteiger partial charge in [-0.2, -0.15) is 0 Å². The van der Waals surface area contributed by atoms with Crippen LogP contribution in [-0.2, 0) is 4.74 Å². The number of aromatic hydroxyl groups is 2. The molecule has 0 spiro atoms. The maximum atomic E-state index is 10.7. The van der Waals surface area contributed by atoms with Crippen LogP contribution in [-0.4, -0.2) is 22.9 Å². The molecule has 0 unspecified atom stereocenters. The topological polar surface area (TPSA) is 78.8 Å². The first kappa shape index (κ1) is 8.68. The highest BCUT2D eigenvalue weighted by Crippen LogP contribution is 2.28. The predicted octanol–water partition coefficient (Wildman–Crippen LogP) is 0.879.